The maximum Gasteiger partial charge on any atom is 0.411 e. The summed E-state index contributed by atoms with van der Waals surface area (Å²) in [7, 11) is 0. The number of alkyl halides is 3. The number of hydrogen-bond acceptors (Lipinski definition) is 3. The molecule has 1 fully saturated rings. The zero-order valence-electron chi connectivity index (χ0n) is 10.7. The van der Waals surface area contributed by atoms with Gasteiger partial charge in [-0.15, -0.1) is 0 Å². The Morgan fingerprint density at radius 1 is 1.35 bits per heavy atom. The van der Waals surface area contributed by atoms with Gasteiger partial charge in [-0.1, -0.05) is 0 Å². The van der Waals surface area contributed by atoms with Gasteiger partial charge in [0, 0.05) is 12.6 Å². The normalized spacial score (nSPS) is 16.6. The minimum atomic E-state index is -4.39. The summed E-state index contributed by atoms with van der Waals surface area (Å²) < 4.78 is 39.6. The first kappa shape index (κ1) is 16.5. The quantitative estimate of drug-likeness (QED) is 0.586. The number of carboxylic acid groups (broad SMARTS) is 1. The number of rotatable bonds is 8. The highest BCUT2D eigenvalue weighted by Gasteiger charge is 2.33. The Morgan fingerprint density at radius 3 is 2.50 bits per heavy atom. The van der Waals surface area contributed by atoms with Crippen LogP contribution in [0.15, 0.2) is 0 Å². The van der Waals surface area contributed by atoms with E-state index in [9.17, 15) is 22.8 Å². The summed E-state index contributed by atoms with van der Waals surface area (Å²) in [5, 5.41) is 13.5. The number of carboxylic acids is 1. The largest absolute Gasteiger partial charge is 0.481 e. The molecule has 1 aliphatic carbocycles. The van der Waals surface area contributed by atoms with Crippen LogP contribution in [0.25, 0.3) is 0 Å². The summed E-state index contributed by atoms with van der Waals surface area (Å²) in [6.07, 6.45) is -2.82. The lowest BCUT2D eigenvalue weighted by molar-refractivity contribution is -0.173. The maximum atomic E-state index is 11.8. The van der Waals surface area contributed by atoms with Crippen molar-refractivity contribution in [3.63, 3.8) is 0 Å². The van der Waals surface area contributed by atoms with Crippen molar-refractivity contribution < 1.29 is 32.6 Å². The lowest BCUT2D eigenvalue weighted by atomic mass is 10.1. The van der Waals surface area contributed by atoms with E-state index >= 15 is 0 Å². The van der Waals surface area contributed by atoms with Crippen LogP contribution in [0.3, 0.4) is 0 Å². The zero-order valence-corrected chi connectivity index (χ0v) is 10.7. The molecule has 0 aromatic carbocycles. The molecule has 0 aromatic rings. The van der Waals surface area contributed by atoms with Crippen molar-refractivity contribution in [3.8, 4) is 0 Å². The molecule has 6 nitrogen and oxygen atoms in total. The van der Waals surface area contributed by atoms with Crippen molar-refractivity contribution in [2.75, 3.05) is 19.8 Å². The van der Waals surface area contributed by atoms with E-state index in [-0.39, 0.29) is 25.5 Å². The van der Waals surface area contributed by atoms with E-state index in [0.29, 0.717) is 0 Å². The summed E-state index contributed by atoms with van der Waals surface area (Å²) in [4.78, 5) is 22.1. The standard InChI is InChI=1S/C11H17F3N2O4/c12-11(13,14)6-20-4-3-15-10(19)16-8(5-9(17)18)7-1-2-7/h7-8H,1-6H2,(H,17,18)(H2,15,16,19). The number of amides is 2. The highest BCUT2D eigenvalue weighted by molar-refractivity contribution is 5.75. The number of ether oxygens (including phenoxy) is 1. The molecule has 1 saturated carbocycles. The monoisotopic (exact) mass is 298 g/mol. The molecule has 0 spiro atoms. The van der Waals surface area contributed by atoms with Gasteiger partial charge in [0.25, 0.3) is 0 Å². The molecular formula is C11H17F3N2O4. The second kappa shape index (κ2) is 7.32. The molecule has 0 saturated heterocycles. The second-order valence-corrected chi connectivity index (χ2v) is 4.61. The van der Waals surface area contributed by atoms with Crippen molar-refractivity contribution >= 4 is 12.0 Å². The summed E-state index contributed by atoms with van der Waals surface area (Å²) in [6, 6.07) is -1.04. The molecule has 1 rings (SSSR count). The molecule has 1 aliphatic rings. The number of hydrogen-bond donors (Lipinski definition) is 3. The molecule has 2 amide bonds. The lowest BCUT2D eigenvalue weighted by Crippen LogP contribution is -2.45. The number of halogens is 3. The minimum absolute atomic E-state index is 0.0770. The zero-order chi connectivity index (χ0) is 15.2. The van der Waals surface area contributed by atoms with Crippen LogP contribution >= 0.6 is 0 Å². The summed E-state index contributed by atoms with van der Waals surface area (Å²) in [6.45, 7) is -1.70. The number of aliphatic carboxylic acids is 1. The smallest absolute Gasteiger partial charge is 0.411 e. The van der Waals surface area contributed by atoms with E-state index in [1.54, 1.807) is 0 Å². The van der Waals surface area contributed by atoms with Crippen LogP contribution in [0.4, 0.5) is 18.0 Å². The van der Waals surface area contributed by atoms with Crippen molar-refractivity contribution in [2.45, 2.75) is 31.5 Å². The van der Waals surface area contributed by atoms with Crippen LogP contribution in [-0.4, -0.2) is 49.1 Å². The fraction of sp³-hybridized carbons (Fsp3) is 0.818. The average Bonchev–Trinajstić information content (AvgIpc) is 3.09. The SMILES string of the molecule is O=C(O)CC(NC(=O)NCCOCC(F)(F)F)C1CC1. The first-order valence-corrected chi connectivity index (χ1v) is 6.18. The molecule has 0 heterocycles. The van der Waals surface area contributed by atoms with Crippen LogP contribution in [0, 0.1) is 5.92 Å². The maximum absolute atomic E-state index is 11.8. The van der Waals surface area contributed by atoms with Gasteiger partial charge in [0.05, 0.1) is 13.0 Å². The van der Waals surface area contributed by atoms with Crippen LogP contribution in [0.5, 0.6) is 0 Å². The molecule has 9 heteroatoms. The van der Waals surface area contributed by atoms with E-state index in [2.05, 4.69) is 15.4 Å². The van der Waals surface area contributed by atoms with E-state index < -0.39 is 30.8 Å². The van der Waals surface area contributed by atoms with Crippen LogP contribution in [0.2, 0.25) is 0 Å². The highest BCUT2D eigenvalue weighted by Crippen LogP contribution is 2.33. The fourth-order valence-electron chi connectivity index (χ4n) is 1.67. The molecule has 0 bridgehead atoms. The number of carbonyl (C=O) groups excluding carboxylic acids is 1. The number of nitrogens with one attached hydrogen (secondary N) is 2. The molecule has 0 radical (unpaired) electrons. The lowest BCUT2D eigenvalue weighted by Gasteiger charge is -2.16. The fourth-order valence-corrected chi connectivity index (χ4v) is 1.67. The van der Waals surface area contributed by atoms with Gasteiger partial charge in [-0.2, -0.15) is 13.2 Å². The second-order valence-electron chi connectivity index (χ2n) is 4.61. The first-order chi connectivity index (χ1) is 9.28. The van der Waals surface area contributed by atoms with Crippen molar-refractivity contribution in [3.05, 3.63) is 0 Å². The van der Waals surface area contributed by atoms with Crippen LogP contribution < -0.4 is 10.6 Å². The van der Waals surface area contributed by atoms with Gasteiger partial charge in [-0.3, -0.25) is 4.79 Å². The van der Waals surface area contributed by atoms with E-state index in [1.807, 2.05) is 0 Å². The molecular weight excluding hydrogens is 281 g/mol. The van der Waals surface area contributed by atoms with Crippen molar-refractivity contribution in [2.24, 2.45) is 5.92 Å². The average molecular weight is 298 g/mol. The Hall–Kier alpha value is -1.51. The van der Waals surface area contributed by atoms with Crippen molar-refractivity contribution in [1.29, 1.82) is 0 Å². The first-order valence-electron chi connectivity index (χ1n) is 6.18. The summed E-state index contributed by atoms with van der Waals surface area (Å²) in [5.74, 6) is -0.839. The summed E-state index contributed by atoms with van der Waals surface area (Å²) >= 11 is 0. The van der Waals surface area contributed by atoms with Gasteiger partial charge in [0.2, 0.25) is 0 Å². The Labute approximate surface area is 113 Å². The van der Waals surface area contributed by atoms with Gasteiger partial charge in [0.1, 0.15) is 6.61 Å². The van der Waals surface area contributed by atoms with Gasteiger partial charge < -0.3 is 20.5 Å². The highest BCUT2D eigenvalue weighted by atomic mass is 19.4. The molecule has 1 atom stereocenters. The van der Waals surface area contributed by atoms with Crippen LogP contribution in [-0.2, 0) is 9.53 Å². The van der Waals surface area contributed by atoms with E-state index in [1.165, 1.54) is 0 Å². The summed E-state index contributed by atoms with van der Waals surface area (Å²) in [5.41, 5.74) is 0. The predicted octanol–water partition coefficient (Wildman–Crippen LogP) is 1.12. The molecule has 1 unspecified atom stereocenters. The third-order valence-electron chi connectivity index (χ3n) is 2.70. The number of carbonyl (C=O) groups is 2. The van der Waals surface area contributed by atoms with E-state index in [4.69, 9.17) is 5.11 Å². The van der Waals surface area contributed by atoms with Gasteiger partial charge in [-0.25, -0.2) is 4.79 Å². The van der Waals surface area contributed by atoms with Gasteiger partial charge in [-0.05, 0) is 18.8 Å². The van der Waals surface area contributed by atoms with Gasteiger partial charge in [0.15, 0.2) is 0 Å². The third-order valence-corrected chi connectivity index (χ3v) is 2.70. The Kier molecular flexibility index (Phi) is 6.05. The molecule has 0 aromatic heterocycles. The Balaban J connectivity index is 2.14. The van der Waals surface area contributed by atoms with Crippen molar-refractivity contribution in [1.82, 2.24) is 10.6 Å². The van der Waals surface area contributed by atoms with E-state index in [0.717, 1.165) is 12.8 Å². The van der Waals surface area contributed by atoms with Crippen LogP contribution in [0.1, 0.15) is 19.3 Å². The Bertz CT molecular complexity index is 345. The molecule has 20 heavy (non-hydrogen) atoms. The minimum Gasteiger partial charge on any atom is -0.481 e. The predicted molar refractivity (Wildman–Crippen MR) is 62.2 cm³/mol. The molecule has 0 aliphatic heterocycles. The molecule has 3 N–H and O–H groups in total. The topological polar surface area (TPSA) is 87.7 Å². The van der Waals surface area contributed by atoms with Gasteiger partial charge >= 0.3 is 18.2 Å². The Morgan fingerprint density at radius 2 is 2.00 bits per heavy atom. The number of urea groups is 1. The third kappa shape index (κ3) is 7.82. The molecule has 116 valence electrons.